The second-order valence-corrected chi connectivity index (χ2v) is 8.03. The molecule has 3 aromatic rings. The van der Waals surface area contributed by atoms with Gasteiger partial charge in [0.05, 0.1) is 41.0 Å². The van der Waals surface area contributed by atoms with Gasteiger partial charge in [0.15, 0.2) is 0 Å². The van der Waals surface area contributed by atoms with Gasteiger partial charge in [-0.05, 0) is 67.5 Å². The topological polar surface area (TPSA) is 74.7 Å². The SMILES string of the molecule is N#Cc1ccccc1CC[C@]1(O)CCC2=Cc3c(cnn3-c3cccnc3)CC21. The standard InChI is InChI=1S/C24H22N4O/c25-14-19-5-2-1-4-17(19)7-9-24(29)10-8-18-13-23-20(12-22(18)24)15-27-28(23)21-6-3-11-26-16-21/h1-6,11,13,15-16,22,29H,7-10,12H2/t22?,24-/m0/s1. The Morgan fingerprint density at radius 2 is 2.10 bits per heavy atom. The molecule has 2 aliphatic carbocycles. The predicted molar refractivity (Wildman–Crippen MR) is 110 cm³/mol. The Kier molecular flexibility index (Phi) is 4.30. The highest BCUT2D eigenvalue weighted by molar-refractivity contribution is 5.60. The van der Waals surface area contributed by atoms with Crippen molar-refractivity contribution < 1.29 is 5.11 Å². The van der Waals surface area contributed by atoms with Crippen LogP contribution in [0.1, 0.15) is 41.6 Å². The Morgan fingerprint density at radius 1 is 1.21 bits per heavy atom. The lowest BCUT2D eigenvalue weighted by Gasteiger charge is -2.32. The van der Waals surface area contributed by atoms with Crippen LogP contribution in [0.2, 0.25) is 0 Å². The van der Waals surface area contributed by atoms with E-state index < -0.39 is 5.60 Å². The van der Waals surface area contributed by atoms with Crippen LogP contribution < -0.4 is 0 Å². The zero-order chi connectivity index (χ0) is 19.8. The van der Waals surface area contributed by atoms with E-state index in [9.17, 15) is 10.4 Å². The summed E-state index contributed by atoms with van der Waals surface area (Å²) in [6, 6.07) is 13.9. The summed E-state index contributed by atoms with van der Waals surface area (Å²) >= 11 is 0. The number of hydrogen-bond donors (Lipinski definition) is 1. The monoisotopic (exact) mass is 382 g/mol. The van der Waals surface area contributed by atoms with Crippen LogP contribution in [0.25, 0.3) is 11.8 Å². The first kappa shape index (κ1) is 17.8. The highest BCUT2D eigenvalue weighted by Crippen LogP contribution is 2.48. The van der Waals surface area contributed by atoms with Gasteiger partial charge in [-0.3, -0.25) is 4.98 Å². The van der Waals surface area contributed by atoms with E-state index in [1.165, 1.54) is 11.1 Å². The van der Waals surface area contributed by atoms with Crippen molar-refractivity contribution in [2.24, 2.45) is 5.92 Å². The summed E-state index contributed by atoms with van der Waals surface area (Å²) in [7, 11) is 0. The molecule has 5 rings (SSSR count). The molecule has 1 aromatic carbocycles. The number of hydrogen-bond acceptors (Lipinski definition) is 4. The largest absolute Gasteiger partial charge is 0.389 e. The van der Waals surface area contributed by atoms with E-state index in [1.807, 2.05) is 53.5 Å². The average molecular weight is 382 g/mol. The van der Waals surface area contributed by atoms with Crippen molar-refractivity contribution in [3.63, 3.8) is 0 Å². The van der Waals surface area contributed by atoms with Gasteiger partial charge in [0, 0.05) is 12.1 Å². The predicted octanol–water partition coefficient (Wildman–Crippen LogP) is 3.85. The van der Waals surface area contributed by atoms with Crippen LogP contribution in [0.15, 0.2) is 60.6 Å². The Hall–Kier alpha value is -3.23. The highest BCUT2D eigenvalue weighted by Gasteiger charge is 2.45. The summed E-state index contributed by atoms with van der Waals surface area (Å²) in [6.45, 7) is 0. The van der Waals surface area contributed by atoms with E-state index >= 15 is 0 Å². The van der Waals surface area contributed by atoms with E-state index in [4.69, 9.17) is 0 Å². The van der Waals surface area contributed by atoms with E-state index in [2.05, 4.69) is 22.2 Å². The minimum Gasteiger partial charge on any atom is -0.389 e. The summed E-state index contributed by atoms with van der Waals surface area (Å²) in [5.41, 5.74) is 5.51. The van der Waals surface area contributed by atoms with Crippen molar-refractivity contribution in [3.8, 4) is 11.8 Å². The number of benzene rings is 1. The molecule has 144 valence electrons. The van der Waals surface area contributed by atoms with Crippen molar-refractivity contribution in [1.82, 2.24) is 14.8 Å². The lowest BCUT2D eigenvalue weighted by atomic mass is 9.77. The van der Waals surface area contributed by atoms with Gasteiger partial charge in [-0.1, -0.05) is 23.8 Å². The third-order valence-corrected chi connectivity index (χ3v) is 6.43. The second-order valence-electron chi connectivity index (χ2n) is 8.03. The quantitative estimate of drug-likeness (QED) is 0.744. The van der Waals surface area contributed by atoms with Gasteiger partial charge in [-0.25, -0.2) is 4.68 Å². The maximum absolute atomic E-state index is 11.5. The van der Waals surface area contributed by atoms with Gasteiger partial charge >= 0.3 is 0 Å². The molecule has 0 saturated heterocycles. The van der Waals surface area contributed by atoms with Crippen LogP contribution in [-0.2, 0) is 12.8 Å². The van der Waals surface area contributed by atoms with Crippen molar-refractivity contribution in [2.75, 3.05) is 0 Å². The van der Waals surface area contributed by atoms with Gasteiger partial charge in [-0.2, -0.15) is 10.4 Å². The van der Waals surface area contributed by atoms with Gasteiger partial charge in [-0.15, -0.1) is 0 Å². The van der Waals surface area contributed by atoms with E-state index in [0.717, 1.165) is 36.2 Å². The molecule has 5 nitrogen and oxygen atoms in total. The van der Waals surface area contributed by atoms with Crippen LogP contribution in [0.5, 0.6) is 0 Å². The molecule has 1 N–H and O–H groups in total. The molecular formula is C24H22N4O. The summed E-state index contributed by atoms with van der Waals surface area (Å²) in [5, 5.41) is 25.4. The van der Waals surface area contributed by atoms with Gasteiger partial charge in [0.25, 0.3) is 0 Å². The van der Waals surface area contributed by atoms with E-state index in [1.54, 1.807) is 6.20 Å². The fraction of sp³-hybridized carbons (Fsp3) is 0.292. The first-order valence-electron chi connectivity index (χ1n) is 10.1. The first-order chi connectivity index (χ1) is 14.2. The van der Waals surface area contributed by atoms with Crippen molar-refractivity contribution in [1.29, 1.82) is 5.26 Å². The molecule has 5 heteroatoms. The first-order valence-corrected chi connectivity index (χ1v) is 10.1. The maximum atomic E-state index is 11.5. The van der Waals surface area contributed by atoms with Gasteiger partial charge in [0.1, 0.15) is 0 Å². The van der Waals surface area contributed by atoms with Crippen LogP contribution in [-0.4, -0.2) is 25.5 Å². The third-order valence-electron chi connectivity index (χ3n) is 6.43. The van der Waals surface area contributed by atoms with E-state index in [-0.39, 0.29) is 5.92 Å². The number of nitrogens with zero attached hydrogens (tertiary/aromatic N) is 4. The molecule has 2 aromatic heterocycles. The fourth-order valence-corrected chi connectivity index (χ4v) is 4.83. The van der Waals surface area contributed by atoms with Gasteiger partial charge in [0.2, 0.25) is 0 Å². The number of rotatable bonds is 4. The van der Waals surface area contributed by atoms with Crippen molar-refractivity contribution in [3.05, 3.63) is 82.9 Å². The second kappa shape index (κ2) is 6.98. The lowest BCUT2D eigenvalue weighted by Crippen LogP contribution is -2.36. The Bertz CT molecular complexity index is 1130. The molecule has 2 aliphatic rings. The molecule has 1 fully saturated rings. The molecule has 0 amide bonds. The number of pyridine rings is 1. The molecule has 0 spiro atoms. The molecule has 0 aliphatic heterocycles. The number of fused-ring (bicyclic) bond motifs is 2. The minimum absolute atomic E-state index is 0.121. The van der Waals surface area contributed by atoms with Crippen LogP contribution >= 0.6 is 0 Å². The molecule has 0 radical (unpaired) electrons. The smallest absolute Gasteiger partial charge is 0.0994 e. The number of nitriles is 1. The lowest BCUT2D eigenvalue weighted by molar-refractivity contribution is 0.00157. The summed E-state index contributed by atoms with van der Waals surface area (Å²) < 4.78 is 1.94. The van der Waals surface area contributed by atoms with Crippen LogP contribution in [0.4, 0.5) is 0 Å². The molecule has 29 heavy (non-hydrogen) atoms. The summed E-state index contributed by atoms with van der Waals surface area (Å²) in [6.07, 6.45) is 11.6. The van der Waals surface area contributed by atoms with Crippen molar-refractivity contribution >= 4 is 6.08 Å². The van der Waals surface area contributed by atoms with Crippen LogP contribution in [0.3, 0.4) is 0 Å². The average Bonchev–Trinajstić information content (AvgIpc) is 3.33. The molecule has 1 unspecified atom stereocenters. The zero-order valence-electron chi connectivity index (χ0n) is 16.1. The zero-order valence-corrected chi connectivity index (χ0v) is 16.1. The molecule has 0 bridgehead atoms. The normalized spacial score (nSPS) is 22.5. The number of aromatic nitrogens is 3. The van der Waals surface area contributed by atoms with E-state index in [0.29, 0.717) is 18.4 Å². The number of aryl methyl sites for hydroxylation is 1. The van der Waals surface area contributed by atoms with Crippen LogP contribution in [0, 0.1) is 17.2 Å². The summed E-state index contributed by atoms with van der Waals surface area (Å²) in [4.78, 5) is 4.20. The Labute approximate surface area is 170 Å². The maximum Gasteiger partial charge on any atom is 0.0994 e. The molecular weight excluding hydrogens is 360 g/mol. The Balaban J connectivity index is 1.40. The third kappa shape index (κ3) is 3.06. The fourth-order valence-electron chi connectivity index (χ4n) is 4.83. The molecule has 2 heterocycles. The number of aliphatic hydroxyl groups is 1. The summed E-state index contributed by atoms with van der Waals surface area (Å²) in [5.74, 6) is 0.121. The minimum atomic E-state index is -0.734. The highest BCUT2D eigenvalue weighted by atomic mass is 16.3. The molecule has 2 atom stereocenters. The Morgan fingerprint density at radius 3 is 2.93 bits per heavy atom. The molecule has 1 saturated carbocycles. The van der Waals surface area contributed by atoms with Gasteiger partial charge < -0.3 is 5.11 Å². The van der Waals surface area contributed by atoms with Crippen molar-refractivity contribution in [2.45, 2.75) is 37.7 Å².